The summed E-state index contributed by atoms with van der Waals surface area (Å²) in [6, 6.07) is 0.137. The first-order chi connectivity index (χ1) is 7.46. The van der Waals surface area contributed by atoms with Gasteiger partial charge >= 0.3 is 0 Å². The van der Waals surface area contributed by atoms with Gasteiger partial charge in [0.05, 0.1) is 5.75 Å². The van der Waals surface area contributed by atoms with Gasteiger partial charge < -0.3 is 5.73 Å². The highest BCUT2D eigenvalue weighted by Crippen LogP contribution is 2.31. The van der Waals surface area contributed by atoms with Crippen LogP contribution in [0.1, 0.15) is 39.5 Å². The van der Waals surface area contributed by atoms with E-state index in [0.717, 1.165) is 19.3 Å². The molecule has 0 aromatic rings. The van der Waals surface area contributed by atoms with E-state index in [1.165, 1.54) is 0 Å². The van der Waals surface area contributed by atoms with Gasteiger partial charge in [-0.25, -0.2) is 13.1 Å². The summed E-state index contributed by atoms with van der Waals surface area (Å²) in [6.45, 7) is 4.88. The van der Waals surface area contributed by atoms with E-state index in [4.69, 9.17) is 5.73 Å². The van der Waals surface area contributed by atoms with Crippen molar-refractivity contribution in [3.63, 3.8) is 0 Å². The Morgan fingerprint density at radius 3 is 2.44 bits per heavy atom. The van der Waals surface area contributed by atoms with E-state index in [1.54, 1.807) is 0 Å². The fourth-order valence-electron chi connectivity index (χ4n) is 2.26. The Hall–Kier alpha value is -0.130. The standard InChI is InChI=1S/C11H24N2O2S/c1-9-5-6-11(10(9)2)13-16(14,15)8-4-3-7-12/h9-11,13H,3-8,12H2,1-2H3. The third-order valence-electron chi connectivity index (χ3n) is 3.66. The minimum atomic E-state index is -3.10. The van der Waals surface area contributed by atoms with Gasteiger partial charge in [0.25, 0.3) is 0 Å². The highest BCUT2D eigenvalue weighted by molar-refractivity contribution is 7.89. The van der Waals surface area contributed by atoms with E-state index in [0.29, 0.717) is 24.8 Å². The molecule has 0 bridgehead atoms. The molecule has 5 heteroatoms. The summed E-state index contributed by atoms with van der Waals surface area (Å²) < 4.78 is 26.3. The van der Waals surface area contributed by atoms with Crippen molar-refractivity contribution in [2.24, 2.45) is 17.6 Å². The fraction of sp³-hybridized carbons (Fsp3) is 1.00. The van der Waals surface area contributed by atoms with Crippen molar-refractivity contribution in [3.8, 4) is 0 Å². The molecule has 0 amide bonds. The second-order valence-electron chi connectivity index (χ2n) is 4.95. The van der Waals surface area contributed by atoms with Crippen molar-refractivity contribution in [2.75, 3.05) is 12.3 Å². The summed E-state index contributed by atoms with van der Waals surface area (Å²) in [4.78, 5) is 0. The maximum absolute atomic E-state index is 11.8. The van der Waals surface area contributed by atoms with Crippen molar-refractivity contribution in [1.29, 1.82) is 0 Å². The number of hydrogen-bond acceptors (Lipinski definition) is 3. The predicted octanol–water partition coefficient (Wildman–Crippen LogP) is 1.08. The largest absolute Gasteiger partial charge is 0.330 e. The molecule has 1 rings (SSSR count). The first-order valence-electron chi connectivity index (χ1n) is 6.16. The first kappa shape index (κ1) is 13.9. The van der Waals surface area contributed by atoms with Crippen LogP contribution >= 0.6 is 0 Å². The lowest BCUT2D eigenvalue weighted by atomic mass is 9.98. The quantitative estimate of drug-likeness (QED) is 0.691. The van der Waals surface area contributed by atoms with Crippen molar-refractivity contribution in [3.05, 3.63) is 0 Å². The summed E-state index contributed by atoms with van der Waals surface area (Å²) in [5.41, 5.74) is 5.35. The molecule has 16 heavy (non-hydrogen) atoms. The number of rotatable bonds is 6. The Bertz CT molecular complexity index is 303. The Balaban J connectivity index is 2.41. The van der Waals surface area contributed by atoms with Crippen LogP contribution in [0.5, 0.6) is 0 Å². The fourth-order valence-corrected chi connectivity index (χ4v) is 3.75. The van der Waals surface area contributed by atoms with Crippen molar-refractivity contribution >= 4 is 10.0 Å². The molecule has 1 fully saturated rings. The van der Waals surface area contributed by atoms with Crippen molar-refractivity contribution < 1.29 is 8.42 Å². The van der Waals surface area contributed by atoms with Gasteiger partial charge in [-0.15, -0.1) is 0 Å². The van der Waals surface area contributed by atoms with Crippen LogP contribution in [-0.2, 0) is 10.0 Å². The summed E-state index contributed by atoms with van der Waals surface area (Å²) in [5, 5.41) is 0. The minimum Gasteiger partial charge on any atom is -0.330 e. The summed E-state index contributed by atoms with van der Waals surface area (Å²) in [6.07, 6.45) is 3.52. The molecule has 0 aromatic heterocycles. The number of unbranched alkanes of at least 4 members (excludes halogenated alkanes) is 1. The van der Waals surface area contributed by atoms with E-state index < -0.39 is 10.0 Å². The van der Waals surface area contributed by atoms with E-state index in [9.17, 15) is 8.42 Å². The van der Waals surface area contributed by atoms with Crippen LogP contribution in [0.3, 0.4) is 0 Å². The zero-order valence-electron chi connectivity index (χ0n) is 10.3. The number of nitrogens with two attached hydrogens (primary N) is 1. The minimum absolute atomic E-state index is 0.137. The van der Waals surface area contributed by atoms with Crippen LogP contribution in [-0.4, -0.2) is 26.8 Å². The molecule has 1 aliphatic carbocycles. The molecular weight excluding hydrogens is 224 g/mol. The van der Waals surface area contributed by atoms with Gasteiger partial charge in [0.2, 0.25) is 10.0 Å². The first-order valence-corrected chi connectivity index (χ1v) is 7.81. The van der Waals surface area contributed by atoms with Crippen molar-refractivity contribution in [2.45, 2.75) is 45.6 Å². The Kier molecular flexibility index (Phi) is 5.21. The molecule has 0 saturated heterocycles. The van der Waals surface area contributed by atoms with Gasteiger partial charge in [-0.2, -0.15) is 0 Å². The zero-order chi connectivity index (χ0) is 12.2. The maximum atomic E-state index is 11.8. The van der Waals surface area contributed by atoms with E-state index in [1.807, 2.05) is 0 Å². The van der Waals surface area contributed by atoms with Crippen LogP contribution in [0.25, 0.3) is 0 Å². The third-order valence-corrected chi connectivity index (χ3v) is 5.15. The lowest BCUT2D eigenvalue weighted by Gasteiger charge is -2.19. The van der Waals surface area contributed by atoms with Gasteiger partial charge in [0, 0.05) is 6.04 Å². The van der Waals surface area contributed by atoms with Gasteiger partial charge in [-0.05, 0) is 44.1 Å². The lowest BCUT2D eigenvalue weighted by molar-refractivity contribution is 0.402. The zero-order valence-corrected chi connectivity index (χ0v) is 11.1. The Morgan fingerprint density at radius 1 is 1.25 bits per heavy atom. The molecule has 1 saturated carbocycles. The molecule has 0 spiro atoms. The van der Waals surface area contributed by atoms with Crippen LogP contribution in [0.2, 0.25) is 0 Å². The maximum Gasteiger partial charge on any atom is 0.211 e. The predicted molar refractivity (Wildman–Crippen MR) is 66.6 cm³/mol. The molecule has 0 aliphatic heterocycles. The molecule has 0 aromatic carbocycles. The number of hydrogen-bond donors (Lipinski definition) is 2. The van der Waals surface area contributed by atoms with E-state index in [2.05, 4.69) is 18.6 Å². The van der Waals surface area contributed by atoms with Crippen LogP contribution in [0.4, 0.5) is 0 Å². The van der Waals surface area contributed by atoms with Crippen LogP contribution < -0.4 is 10.5 Å². The number of nitrogens with one attached hydrogen (secondary N) is 1. The molecule has 4 nitrogen and oxygen atoms in total. The van der Waals surface area contributed by atoms with Gasteiger partial charge in [0.15, 0.2) is 0 Å². The summed E-state index contributed by atoms with van der Waals surface area (Å²) in [7, 11) is -3.10. The van der Waals surface area contributed by atoms with Gasteiger partial charge in [-0.3, -0.25) is 0 Å². The average Bonchev–Trinajstić information content (AvgIpc) is 2.49. The lowest BCUT2D eigenvalue weighted by Crippen LogP contribution is -2.38. The van der Waals surface area contributed by atoms with Gasteiger partial charge in [0.1, 0.15) is 0 Å². The highest BCUT2D eigenvalue weighted by Gasteiger charge is 2.32. The summed E-state index contributed by atoms with van der Waals surface area (Å²) >= 11 is 0. The second-order valence-corrected chi connectivity index (χ2v) is 6.83. The molecule has 1 aliphatic rings. The molecule has 3 unspecified atom stereocenters. The Labute approximate surface area is 99.0 Å². The smallest absolute Gasteiger partial charge is 0.211 e. The molecule has 3 atom stereocenters. The third kappa shape index (κ3) is 4.03. The molecule has 3 N–H and O–H groups in total. The van der Waals surface area contributed by atoms with Crippen LogP contribution in [0, 0.1) is 11.8 Å². The normalized spacial score (nSPS) is 30.8. The summed E-state index contributed by atoms with van der Waals surface area (Å²) in [5.74, 6) is 1.28. The van der Waals surface area contributed by atoms with Gasteiger partial charge in [-0.1, -0.05) is 13.8 Å². The van der Waals surface area contributed by atoms with Crippen LogP contribution in [0.15, 0.2) is 0 Å². The topological polar surface area (TPSA) is 72.2 Å². The molecule has 0 heterocycles. The average molecular weight is 248 g/mol. The molecule has 96 valence electrons. The monoisotopic (exact) mass is 248 g/mol. The second kappa shape index (κ2) is 5.98. The SMILES string of the molecule is CC1CCC(NS(=O)(=O)CCCCN)C1C. The molecule has 0 radical (unpaired) electrons. The number of sulfonamides is 1. The van der Waals surface area contributed by atoms with E-state index >= 15 is 0 Å². The Morgan fingerprint density at radius 2 is 1.94 bits per heavy atom. The highest BCUT2D eigenvalue weighted by atomic mass is 32.2. The van der Waals surface area contributed by atoms with E-state index in [-0.39, 0.29) is 11.8 Å². The molecular formula is C11H24N2O2S. The van der Waals surface area contributed by atoms with Crippen molar-refractivity contribution in [1.82, 2.24) is 4.72 Å².